The van der Waals surface area contributed by atoms with Crippen molar-refractivity contribution in [2.24, 2.45) is 0 Å². The van der Waals surface area contributed by atoms with E-state index in [4.69, 9.17) is 0 Å². The quantitative estimate of drug-likeness (QED) is 0.537. The smallest absolute Gasteiger partial charge is 0.266 e. The lowest BCUT2D eigenvalue weighted by atomic mass is 10.2. The molecule has 0 saturated heterocycles. The third-order valence-corrected chi connectivity index (χ3v) is 4.24. The first-order valence-electron chi connectivity index (χ1n) is 6.98. The zero-order valence-electron chi connectivity index (χ0n) is 12.4. The molecule has 0 N–H and O–H groups in total. The molecule has 0 aliphatic heterocycles. The van der Waals surface area contributed by atoms with Gasteiger partial charge >= 0.3 is 0 Å². The van der Waals surface area contributed by atoms with Crippen molar-refractivity contribution < 1.29 is 9.90 Å². The fourth-order valence-corrected chi connectivity index (χ4v) is 3.05. The number of benzene rings is 2. The van der Waals surface area contributed by atoms with E-state index in [2.05, 4.69) is 4.98 Å². The van der Waals surface area contributed by atoms with E-state index in [0.717, 1.165) is 17.3 Å². The molecule has 0 bridgehead atoms. The maximum atomic E-state index is 12.9. The van der Waals surface area contributed by atoms with Gasteiger partial charge in [-0.25, -0.2) is 4.98 Å². The maximum Gasteiger partial charge on any atom is 0.266 e. The van der Waals surface area contributed by atoms with Crippen LogP contribution in [0.3, 0.4) is 0 Å². The van der Waals surface area contributed by atoms with Crippen LogP contribution in [-0.4, -0.2) is 21.3 Å². The molecule has 0 fully saturated rings. The van der Waals surface area contributed by atoms with Gasteiger partial charge in [-0.05, 0) is 36.8 Å². The van der Waals surface area contributed by atoms with Crippen LogP contribution in [0.4, 0.5) is 0 Å². The van der Waals surface area contributed by atoms with Crippen molar-refractivity contribution in [1.29, 1.82) is 0 Å². The van der Waals surface area contributed by atoms with Crippen LogP contribution >= 0.6 is 11.8 Å². The number of aryl methyl sites for hydroxylation is 1. The summed E-state index contributed by atoms with van der Waals surface area (Å²) in [6, 6.07) is 14.5. The van der Waals surface area contributed by atoms with Crippen LogP contribution < -0.4 is 10.7 Å². The highest BCUT2D eigenvalue weighted by molar-refractivity contribution is 7.99. The molecule has 6 heteroatoms. The maximum absolute atomic E-state index is 12.9. The minimum atomic E-state index is -1.20. The van der Waals surface area contributed by atoms with Crippen LogP contribution in [0.5, 0.6) is 0 Å². The molecule has 23 heavy (non-hydrogen) atoms. The van der Waals surface area contributed by atoms with E-state index in [0.29, 0.717) is 21.7 Å². The Labute approximate surface area is 136 Å². The van der Waals surface area contributed by atoms with Crippen molar-refractivity contribution in [2.75, 3.05) is 5.75 Å². The lowest BCUT2D eigenvalue weighted by Gasteiger charge is -2.13. The first-order chi connectivity index (χ1) is 11.1. The summed E-state index contributed by atoms with van der Waals surface area (Å²) in [6.07, 6.45) is 0. The average Bonchev–Trinajstić information content (AvgIpc) is 2.53. The predicted molar refractivity (Wildman–Crippen MR) is 87.8 cm³/mol. The average molecular weight is 325 g/mol. The van der Waals surface area contributed by atoms with Gasteiger partial charge < -0.3 is 9.90 Å². The van der Waals surface area contributed by atoms with Crippen molar-refractivity contribution in [1.82, 2.24) is 9.55 Å². The summed E-state index contributed by atoms with van der Waals surface area (Å²) >= 11 is 0.975. The largest absolute Gasteiger partial charge is 0.549 e. The molecule has 0 saturated carbocycles. The van der Waals surface area contributed by atoms with Gasteiger partial charge in [0.05, 0.1) is 22.6 Å². The number of aliphatic carboxylic acids is 1. The van der Waals surface area contributed by atoms with E-state index in [1.165, 1.54) is 4.57 Å². The first kappa shape index (κ1) is 15.3. The third kappa shape index (κ3) is 3.12. The molecule has 3 rings (SSSR count). The molecule has 0 radical (unpaired) electrons. The highest BCUT2D eigenvalue weighted by Crippen LogP contribution is 2.21. The van der Waals surface area contributed by atoms with E-state index in [9.17, 15) is 14.7 Å². The summed E-state index contributed by atoms with van der Waals surface area (Å²) < 4.78 is 1.45. The van der Waals surface area contributed by atoms with E-state index in [1.54, 1.807) is 30.3 Å². The molecule has 5 nitrogen and oxygen atoms in total. The zero-order chi connectivity index (χ0) is 16.4. The van der Waals surface area contributed by atoms with Crippen molar-refractivity contribution in [3.8, 4) is 5.69 Å². The molecule has 0 aliphatic carbocycles. The molecule has 116 valence electrons. The van der Waals surface area contributed by atoms with Crippen LogP contribution in [0.15, 0.2) is 58.5 Å². The van der Waals surface area contributed by atoms with Gasteiger partial charge in [0.2, 0.25) is 0 Å². The SMILES string of the molecule is Cc1cccc(-n2c(SCC(=O)[O-])nc3ccccc3c2=O)c1. The van der Waals surface area contributed by atoms with Gasteiger partial charge in [0.25, 0.3) is 5.56 Å². The van der Waals surface area contributed by atoms with Crippen molar-refractivity contribution in [3.63, 3.8) is 0 Å². The number of para-hydroxylation sites is 1. The molecule has 0 unspecified atom stereocenters. The minimum Gasteiger partial charge on any atom is -0.549 e. The fourth-order valence-electron chi connectivity index (χ4n) is 2.33. The summed E-state index contributed by atoms with van der Waals surface area (Å²) in [5.74, 6) is -1.47. The van der Waals surface area contributed by atoms with Crippen LogP contribution in [0.2, 0.25) is 0 Å². The number of carboxylic acids is 1. The topological polar surface area (TPSA) is 75.0 Å². The Hall–Kier alpha value is -2.60. The van der Waals surface area contributed by atoms with Gasteiger partial charge in [-0.3, -0.25) is 9.36 Å². The van der Waals surface area contributed by atoms with Crippen molar-refractivity contribution in [2.45, 2.75) is 12.1 Å². The number of carbonyl (C=O) groups excluding carboxylic acids is 1. The Kier molecular flexibility index (Phi) is 4.16. The standard InChI is InChI=1S/C17H14N2O3S/c1-11-5-4-6-12(9-11)19-16(22)13-7-2-3-8-14(13)18-17(19)23-10-15(20)21/h2-9H,10H2,1H3,(H,20,21)/p-1. The summed E-state index contributed by atoms with van der Waals surface area (Å²) in [4.78, 5) is 28.1. The Bertz CT molecular complexity index is 950. The Morgan fingerprint density at radius 2 is 2.00 bits per heavy atom. The van der Waals surface area contributed by atoms with Gasteiger partial charge in [0, 0.05) is 5.75 Å². The minimum absolute atomic E-state index is 0.220. The first-order valence-corrected chi connectivity index (χ1v) is 7.96. The molecule has 0 aliphatic rings. The van der Waals surface area contributed by atoms with E-state index >= 15 is 0 Å². The Balaban J connectivity index is 2.27. The lowest BCUT2D eigenvalue weighted by molar-refractivity contribution is -0.301. The number of hydrogen-bond donors (Lipinski definition) is 0. The van der Waals surface area contributed by atoms with Gasteiger partial charge in [-0.2, -0.15) is 0 Å². The second-order valence-corrected chi connectivity index (χ2v) is 5.99. The number of carboxylic acid groups (broad SMARTS) is 1. The molecule has 1 aromatic heterocycles. The number of nitrogens with zero attached hydrogens (tertiary/aromatic N) is 2. The second kappa shape index (κ2) is 6.26. The van der Waals surface area contributed by atoms with E-state index in [1.807, 2.05) is 25.1 Å². The van der Waals surface area contributed by atoms with Crippen LogP contribution in [-0.2, 0) is 4.79 Å². The van der Waals surface area contributed by atoms with Crippen molar-refractivity contribution in [3.05, 3.63) is 64.4 Å². The van der Waals surface area contributed by atoms with Gasteiger partial charge in [0.15, 0.2) is 5.16 Å². The summed E-state index contributed by atoms with van der Waals surface area (Å²) in [7, 11) is 0. The summed E-state index contributed by atoms with van der Waals surface area (Å²) in [6.45, 7) is 1.93. The highest BCUT2D eigenvalue weighted by Gasteiger charge is 2.13. The Morgan fingerprint density at radius 1 is 1.22 bits per heavy atom. The molecule has 3 aromatic rings. The van der Waals surface area contributed by atoms with Gasteiger partial charge in [0.1, 0.15) is 0 Å². The van der Waals surface area contributed by atoms with E-state index in [-0.39, 0.29) is 11.3 Å². The molecule has 0 amide bonds. The summed E-state index contributed by atoms with van der Waals surface area (Å²) in [5, 5.41) is 11.6. The normalized spacial score (nSPS) is 10.8. The number of hydrogen-bond acceptors (Lipinski definition) is 5. The van der Waals surface area contributed by atoms with Crippen molar-refractivity contribution >= 4 is 28.6 Å². The van der Waals surface area contributed by atoms with Crippen LogP contribution in [0.25, 0.3) is 16.6 Å². The second-order valence-electron chi connectivity index (χ2n) is 5.05. The molecule has 0 atom stereocenters. The number of aromatic nitrogens is 2. The van der Waals surface area contributed by atoms with Gasteiger partial charge in [-0.1, -0.05) is 36.0 Å². The molecular weight excluding hydrogens is 312 g/mol. The monoisotopic (exact) mass is 325 g/mol. The lowest BCUT2D eigenvalue weighted by Crippen LogP contribution is -2.26. The highest BCUT2D eigenvalue weighted by atomic mass is 32.2. The van der Waals surface area contributed by atoms with Crippen LogP contribution in [0, 0.1) is 6.92 Å². The Morgan fingerprint density at radius 3 is 2.74 bits per heavy atom. The molecular formula is C17H13N2O3S-. The number of fused-ring (bicyclic) bond motifs is 1. The molecule has 0 spiro atoms. The number of carbonyl (C=O) groups is 1. The molecule has 1 heterocycles. The van der Waals surface area contributed by atoms with Gasteiger partial charge in [-0.15, -0.1) is 0 Å². The molecule has 2 aromatic carbocycles. The number of thioether (sulfide) groups is 1. The zero-order valence-corrected chi connectivity index (χ0v) is 13.2. The fraction of sp³-hybridized carbons (Fsp3) is 0.118. The predicted octanol–water partition coefficient (Wildman–Crippen LogP) is 1.54. The summed E-state index contributed by atoms with van der Waals surface area (Å²) in [5.41, 5.74) is 1.98. The van der Waals surface area contributed by atoms with Crippen LogP contribution in [0.1, 0.15) is 5.56 Å². The third-order valence-electron chi connectivity index (χ3n) is 3.32. The number of rotatable bonds is 4. The van der Waals surface area contributed by atoms with E-state index < -0.39 is 5.97 Å².